The number of hydrogen-bond acceptors (Lipinski definition) is 6. The van der Waals surface area contributed by atoms with E-state index in [1.165, 1.54) is 0 Å². The third-order valence-corrected chi connectivity index (χ3v) is 5.75. The van der Waals surface area contributed by atoms with Crippen LogP contribution in [0.1, 0.15) is 30.0 Å². The number of nitrogen functional groups attached to an aromatic ring is 1. The summed E-state index contributed by atoms with van der Waals surface area (Å²) in [5.74, 6) is 0.852. The van der Waals surface area contributed by atoms with Gasteiger partial charge in [-0.25, -0.2) is 4.98 Å². The minimum Gasteiger partial charge on any atom is -0.383 e. The molecule has 5 rings (SSSR count). The second-order valence-electron chi connectivity index (χ2n) is 7.61. The molecule has 0 atom stereocenters. The van der Waals surface area contributed by atoms with Gasteiger partial charge in [0.1, 0.15) is 5.82 Å². The Morgan fingerprint density at radius 2 is 1.73 bits per heavy atom. The van der Waals surface area contributed by atoms with Crippen LogP contribution in [-0.4, -0.2) is 33.3 Å². The zero-order chi connectivity index (χ0) is 20.5. The first-order valence-corrected chi connectivity index (χ1v) is 10.0. The fourth-order valence-corrected chi connectivity index (χ4v) is 4.12. The van der Waals surface area contributed by atoms with Crippen LogP contribution < -0.4 is 11.1 Å². The average molecular weight is 505 g/mol. The SMILES string of the molecule is Cl.Cl.Cl.N#Cc1ccc2cnc(-c3cc(-c4c[nH]nc4C4CCNCC4)cnc3N)cc2c1. The third kappa shape index (κ3) is 5.21. The molecule has 0 spiro atoms. The lowest BCUT2D eigenvalue weighted by atomic mass is 9.90. The highest BCUT2D eigenvalue weighted by Crippen LogP contribution is 2.35. The van der Waals surface area contributed by atoms with E-state index in [4.69, 9.17) is 5.73 Å². The molecule has 0 amide bonds. The fourth-order valence-electron chi connectivity index (χ4n) is 4.12. The normalized spacial score (nSPS) is 13.3. The van der Waals surface area contributed by atoms with E-state index in [0.29, 0.717) is 17.3 Å². The van der Waals surface area contributed by atoms with Gasteiger partial charge in [-0.05, 0) is 55.6 Å². The Labute approximate surface area is 210 Å². The number of pyridine rings is 2. The number of H-pyrrole nitrogens is 1. The highest BCUT2D eigenvalue weighted by molar-refractivity contribution is 5.88. The zero-order valence-electron chi connectivity index (χ0n) is 17.6. The predicted molar refractivity (Wildman–Crippen MR) is 138 cm³/mol. The molecule has 7 nitrogen and oxygen atoms in total. The summed E-state index contributed by atoms with van der Waals surface area (Å²) in [5.41, 5.74) is 11.4. The second-order valence-corrected chi connectivity index (χ2v) is 7.61. The molecule has 1 fully saturated rings. The number of nitrogens with one attached hydrogen (secondary N) is 2. The highest BCUT2D eigenvalue weighted by atomic mass is 35.5. The van der Waals surface area contributed by atoms with Gasteiger partial charge in [-0.2, -0.15) is 10.4 Å². The van der Waals surface area contributed by atoms with E-state index in [9.17, 15) is 5.26 Å². The van der Waals surface area contributed by atoms with E-state index in [1.54, 1.807) is 18.5 Å². The maximum atomic E-state index is 9.19. The van der Waals surface area contributed by atoms with Crippen LogP contribution in [0, 0.1) is 11.3 Å². The lowest BCUT2D eigenvalue weighted by Crippen LogP contribution is -2.27. The third-order valence-electron chi connectivity index (χ3n) is 5.75. The lowest BCUT2D eigenvalue weighted by Gasteiger charge is -2.22. The maximum Gasteiger partial charge on any atom is 0.132 e. The van der Waals surface area contributed by atoms with Crippen molar-refractivity contribution in [2.24, 2.45) is 0 Å². The van der Waals surface area contributed by atoms with Gasteiger partial charge in [0.15, 0.2) is 0 Å². The summed E-state index contributed by atoms with van der Waals surface area (Å²) in [7, 11) is 0. The van der Waals surface area contributed by atoms with Gasteiger partial charge in [-0.3, -0.25) is 10.1 Å². The molecule has 33 heavy (non-hydrogen) atoms. The first-order chi connectivity index (χ1) is 14.7. The molecule has 4 heterocycles. The summed E-state index contributed by atoms with van der Waals surface area (Å²) in [5, 5.41) is 22.1. The number of nitrogens with two attached hydrogens (primary N) is 1. The number of nitrogens with zero attached hydrogens (tertiary/aromatic N) is 4. The number of fused-ring (bicyclic) bond motifs is 1. The molecule has 10 heteroatoms. The lowest BCUT2D eigenvalue weighted by molar-refractivity contribution is 0.453. The van der Waals surface area contributed by atoms with Gasteiger partial charge in [0.2, 0.25) is 0 Å². The van der Waals surface area contributed by atoms with E-state index in [-0.39, 0.29) is 37.2 Å². The van der Waals surface area contributed by atoms with Gasteiger partial charge in [-0.1, -0.05) is 6.07 Å². The molecule has 4 aromatic rings. The Bertz CT molecular complexity index is 1280. The Morgan fingerprint density at radius 1 is 0.939 bits per heavy atom. The smallest absolute Gasteiger partial charge is 0.132 e. The average Bonchev–Trinajstić information content (AvgIpc) is 3.29. The van der Waals surface area contributed by atoms with Gasteiger partial charge in [0.05, 0.1) is 23.0 Å². The number of benzene rings is 1. The number of hydrogen-bond donors (Lipinski definition) is 3. The van der Waals surface area contributed by atoms with Gasteiger partial charge < -0.3 is 11.1 Å². The number of anilines is 1. The fraction of sp³-hybridized carbons (Fsp3) is 0.217. The topological polar surface area (TPSA) is 116 Å². The van der Waals surface area contributed by atoms with Gasteiger partial charge in [0, 0.05) is 46.6 Å². The molecule has 172 valence electrons. The van der Waals surface area contributed by atoms with Crippen molar-refractivity contribution < 1.29 is 0 Å². The molecular weight excluding hydrogens is 481 g/mol. The number of aromatic amines is 1. The van der Waals surface area contributed by atoms with Crippen LogP contribution >= 0.6 is 37.2 Å². The van der Waals surface area contributed by atoms with Crippen LogP contribution in [0.4, 0.5) is 5.82 Å². The summed E-state index contributed by atoms with van der Waals surface area (Å²) in [4.78, 5) is 9.04. The van der Waals surface area contributed by atoms with E-state index in [0.717, 1.165) is 64.8 Å². The first-order valence-electron chi connectivity index (χ1n) is 10.0. The number of nitriles is 1. The summed E-state index contributed by atoms with van der Waals surface area (Å²) < 4.78 is 0. The number of rotatable bonds is 3. The Kier molecular flexibility index (Phi) is 9.03. The number of halogens is 3. The largest absolute Gasteiger partial charge is 0.383 e. The van der Waals surface area contributed by atoms with Crippen LogP contribution in [0.25, 0.3) is 33.2 Å². The Balaban J connectivity index is 0.00000128. The van der Waals surface area contributed by atoms with Crippen molar-refractivity contribution >= 4 is 53.8 Å². The van der Waals surface area contributed by atoms with Gasteiger partial charge >= 0.3 is 0 Å². The summed E-state index contributed by atoms with van der Waals surface area (Å²) >= 11 is 0. The van der Waals surface area contributed by atoms with E-state index in [2.05, 4.69) is 31.6 Å². The van der Waals surface area contributed by atoms with E-state index >= 15 is 0 Å². The van der Waals surface area contributed by atoms with Crippen LogP contribution in [0.2, 0.25) is 0 Å². The van der Waals surface area contributed by atoms with Crippen molar-refractivity contribution in [3.63, 3.8) is 0 Å². The van der Waals surface area contributed by atoms with E-state index < -0.39 is 0 Å². The van der Waals surface area contributed by atoms with Crippen LogP contribution in [0.15, 0.2) is 48.9 Å². The Morgan fingerprint density at radius 3 is 2.48 bits per heavy atom. The molecule has 1 aliphatic rings. The first kappa shape index (κ1) is 26.4. The molecule has 0 radical (unpaired) electrons. The van der Waals surface area contributed by atoms with Crippen LogP contribution in [-0.2, 0) is 0 Å². The molecule has 0 bridgehead atoms. The molecular formula is C23H24Cl3N7. The molecule has 1 aromatic carbocycles. The molecule has 0 saturated carbocycles. The van der Waals surface area contributed by atoms with Crippen molar-refractivity contribution in [3.05, 3.63) is 60.2 Å². The molecule has 1 saturated heterocycles. The number of aromatic nitrogens is 4. The zero-order valence-corrected chi connectivity index (χ0v) is 20.1. The molecule has 0 aliphatic carbocycles. The van der Waals surface area contributed by atoms with Gasteiger partial charge in [-0.15, -0.1) is 37.2 Å². The summed E-state index contributed by atoms with van der Waals surface area (Å²) in [6.07, 6.45) is 7.67. The van der Waals surface area contributed by atoms with Gasteiger partial charge in [0.25, 0.3) is 0 Å². The van der Waals surface area contributed by atoms with E-state index in [1.807, 2.05) is 30.5 Å². The van der Waals surface area contributed by atoms with Crippen molar-refractivity contribution in [2.45, 2.75) is 18.8 Å². The van der Waals surface area contributed by atoms with Crippen molar-refractivity contribution in [1.29, 1.82) is 5.26 Å². The summed E-state index contributed by atoms with van der Waals surface area (Å²) in [6, 6.07) is 11.7. The minimum absolute atomic E-state index is 0. The minimum atomic E-state index is 0. The van der Waals surface area contributed by atoms with Crippen molar-refractivity contribution in [3.8, 4) is 28.5 Å². The predicted octanol–water partition coefficient (Wildman–Crippen LogP) is 4.87. The van der Waals surface area contributed by atoms with Crippen LogP contribution in [0.5, 0.6) is 0 Å². The highest BCUT2D eigenvalue weighted by Gasteiger charge is 2.22. The molecule has 3 aromatic heterocycles. The standard InChI is InChI=1S/C23H21N7.3ClH/c24-10-14-1-2-16-11-27-21(9-17(16)7-14)19-8-18(12-28-23(19)25)20-13-29-30-22(20)15-3-5-26-6-4-15;;;/h1-2,7-9,11-13,15,26H,3-6H2,(H2,25,28)(H,29,30);3*1H. The molecule has 4 N–H and O–H groups in total. The monoisotopic (exact) mass is 503 g/mol. The summed E-state index contributed by atoms with van der Waals surface area (Å²) in [6.45, 7) is 2.02. The Hall–Kier alpha value is -2.89. The van der Waals surface area contributed by atoms with Crippen molar-refractivity contribution in [1.82, 2.24) is 25.5 Å². The quantitative estimate of drug-likeness (QED) is 0.366. The van der Waals surface area contributed by atoms with Crippen LogP contribution in [0.3, 0.4) is 0 Å². The molecule has 1 aliphatic heterocycles. The second kappa shape index (κ2) is 11.3. The number of piperidine rings is 1. The molecule has 0 unspecified atom stereocenters. The maximum absolute atomic E-state index is 9.19. The van der Waals surface area contributed by atoms with Crippen molar-refractivity contribution in [2.75, 3.05) is 18.8 Å².